The van der Waals surface area contributed by atoms with E-state index in [4.69, 9.17) is 4.74 Å². The molecular weight excluding hydrogens is 358 g/mol. The Bertz CT molecular complexity index is 969. The van der Waals surface area contributed by atoms with Gasteiger partial charge in [0.15, 0.2) is 0 Å². The van der Waals surface area contributed by atoms with Crippen molar-refractivity contribution in [2.75, 3.05) is 0 Å². The summed E-state index contributed by atoms with van der Waals surface area (Å²) in [5.74, 6) is 0.429. The van der Waals surface area contributed by atoms with E-state index in [2.05, 4.69) is 10.5 Å². The van der Waals surface area contributed by atoms with Crippen molar-refractivity contribution < 1.29 is 14.5 Å². The number of nitrogens with zero attached hydrogens (tertiary/aromatic N) is 2. The Kier molecular flexibility index (Phi) is 6.10. The second-order valence-electron chi connectivity index (χ2n) is 5.85. The SMILES string of the molecule is O=C(N/N=C\c1ccc([N+](=O)[O-])cc1)c1ccc(COc2ccccc2)cc1. The van der Waals surface area contributed by atoms with Crippen LogP contribution in [-0.4, -0.2) is 17.0 Å². The van der Waals surface area contributed by atoms with E-state index in [-0.39, 0.29) is 11.6 Å². The van der Waals surface area contributed by atoms with Gasteiger partial charge in [-0.2, -0.15) is 5.10 Å². The van der Waals surface area contributed by atoms with E-state index in [1.807, 2.05) is 42.5 Å². The summed E-state index contributed by atoms with van der Waals surface area (Å²) >= 11 is 0. The molecule has 7 heteroatoms. The quantitative estimate of drug-likeness (QED) is 0.384. The zero-order valence-corrected chi connectivity index (χ0v) is 14.8. The smallest absolute Gasteiger partial charge is 0.271 e. The third kappa shape index (κ3) is 5.25. The maximum absolute atomic E-state index is 12.1. The molecule has 0 bridgehead atoms. The molecule has 0 aromatic heterocycles. The fourth-order valence-electron chi connectivity index (χ4n) is 2.35. The topological polar surface area (TPSA) is 93.8 Å². The Balaban J connectivity index is 1.52. The van der Waals surface area contributed by atoms with Gasteiger partial charge >= 0.3 is 0 Å². The first kappa shape index (κ1) is 18.8. The summed E-state index contributed by atoms with van der Waals surface area (Å²) in [6.07, 6.45) is 1.42. The molecule has 0 aliphatic rings. The van der Waals surface area contributed by atoms with Crippen LogP contribution in [0.1, 0.15) is 21.5 Å². The molecule has 0 fully saturated rings. The van der Waals surface area contributed by atoms with Crippen LogP contribution < -0.4 is 10.2 Å². The number of nitrogens with one attached hydrogen (secondary N) is 1. The third-order valence-electron chi connectivity index (χ3n) is 3.85. The lowest BCUT2D eigenvalue weighted by Crippen LogP contribution is -2.17. The fraction of sp³-hybridized carbons (Fsp3) is 0.0476. The molecular formula is C21H17N3O4. The highest BCUT2D eigenvalue weighted by atomic mass is 16.6. The number of nitro groups is 1. The minimum atomic E-state index is -0.475. The van der Waals surface area contributed by atoms with E-state index >= 15 is 0 Å². The molecule has 3 aromatic carbocycles. The van der Waals surface area contributed by atoms with Crippen molar-refractivity contribution in [3.05, 3.63) is 106 Å². The van der Waals surface area contributed by atoms with Crippen molar-refractivity contribution in [1.29, 1.82) is 0 Å². The van der Waals surface area contributed by atoms with Gasteiger partial charge in [0.1, 0.15) is 12.4 Å². The zero-order chi connectivity index (χ0) is 19.8. The van der Waals surface area contributed by atoms with Gasteiger partial charge < -0.3 is 4.74 Å². The Morgan fingerprint density at radius 3 is 2.32 bits per heavy atom. The van der Waals surface area contributed by atoms with Gasteiger partial charge in [0.05, 0.1) is 11.1 Å². The van der Waals surface area contributed by atoms with E-state index < -0.39 is 4.92 Å². The first-order valence-electron chi connectivity index (χ1n) is 8.46. The minimum absolute atomic E-state index is 0.00230. The van der Waals surface area contributed by atoms with Crippen molar-refractivity contribution in [3.63, 3.8) is 0 Å². The van der Waals surface area contributed by atoms with Gasteiger partial charge in [0.25, 0.3) is 11.6 Å². The Hall–Kier alpha value is -4.00. The number of hydrogen-bond acceptors (Lipinski definition) is 5. The van der Waals surface area contributed by atoms with Crippen LogP contribution in [0.15, 0.2) is 84.0 Å². The van der Waals surface area contributed by atoms with Crippen LogP contribution in [0.3, 0.4) is 0 Å². The second kappa shape index (κ2) is 9.09. The molecule has 0 atom stereocenters. The van der Waals surface area contributed by atoms with Crippen LogP contribution in [0.2, 0.25) is 0 Å². The maximum atomic E-state index is 12.1. The Morgan fingerprint density at radius 1 is 1.00 bits per heavy atom. The molecule has 1 amide bonds. The van der Waals surface area contributed by atoms with Crippen molar-refractivity contribution in [2.45, 2.75) is 6.61 Å². The van der Waals surface area contributed by atoms with Crippen molar-refractivity contribution in [2.24, 2.45) is 5.10 Å². The molecule has 1 N–H and O–H groups in total. The van der Waals surface area contributed by atoms with E-state index in [0.717, 1.165) is 11.3 Å². The monoisotopic (exact) mass is 375 g/mol. The minimum Gasteiger partial charge on any atom is -0.489 e. The molecule has 140 valence electrons. The number of rotatable bonds is 7. The highest BCUT2D eigenvalue weighted by molar-refractivity contribution is 5.94. The molecule has 3 aromatic rings. The molecule has 0 radical (unpaired) electrons. The molecule has 0 saturated carbocycles. The predicted molar refractivity (Wildman–Crippen MR) is 105 cm³/mol. The summed E-state index contributed by atoms with van der Waals surface area (Å²) in [4.78, 5) is 22.3. The summed E-state index contributed by atoms with van der Waals surface area (Å²) in [6.45, 7) is 0.407. The first-order chi connectivity index (χ1) is 13.6. The van der Waals surface area contributed by atoms with Gasteiger partial charge in [-0.3, -0.25) is 14.9 Å². The lowest BCUT2D eigenvalue weighted by atomic mass is 10.1. The number of ether oxygens (including phenoxy) is 1. The van der Waals surface area contributed by atoms with Gasteiger partial charge in [-0.05, 0) is 47.5 Å². The number of nitro benzene ring substituents is 1. The zero-order valence-electron chi connectivity index (χ0n) is 14.8. The number of hydrazone groups is 1. The molecule has 0 aliphatic heterocycles. The average Bonchev–Trinajstić information content (AvgIpc) is 2.73. The number of amides is 1. The standard InChI is InChI=1S/C21H17N3O4/c25-21(23-22-14-16-8-12-19(13-9-16)24(26)27)18-10-6-17(7-11-18)15-28-20-4-2-1-3-5-20/h1-14H,15H2,(H,23,25)/b22-14-. The van der Waals surface area contributed by atoms with Crippen LogP contribution in [0.4, 0.5) is 5.69 Å². The van der Waals surface area contributed by atoms with Gasteiger partial charge in [-0.15, -0.1) is 0 Å². The van der Waals surface area contributed by atoms with Crippen molar-refractivity contribution in [1.82, 2.24) is 5.43 Å². The molecule has 0 aliphatic carbocycles. The summed E-state index contributed by atoms with van der Waals surface area (Å²) < 4.78 is 5.66. The number of para-hydroxylation sites is 1. The predicted octanol–water partition coefficient (Wildman–Crippen LogP) is 3.94. The highest BCUT2D eigenvalue weighted by Crippen LogP contribution is 2.13. The van der Waals surface area contributed by atoms with Crippen molar-refractivity contribution >= 4 is 17.8 Å². The van der Waals surface area contributed by atoms with Crippen LogP contribution >= 0.6 is 0 Å². The van der Waals surface area contributed by atoms with Gasteiger partial charge in [0, 0.05) is 17.7 Å². The average molecular weight is 375 g/mol. The molecule has 28 heavy (non-hydrogen) atoms. The summed E-state index contributed by atoms with van der Waals surface area (Å²) in [6, 6.07) is 22.4. The normalized spacial score (nSPS) is 10.6. The highest BCUT2D eigenvalue weighted by Gasteiger charge is 2.05. The van der Waals surface area contributed by atoms with Crippen LogP contribution in [0, 0.1) is 10.1 Å². The summed E-state index contributed by atoms with van der Waals surface area (Å²) in [7, 11) is 0. The molecule has 0 spiro atoms. The molecule has 0 heterocycles. The van der Waals surface area contributed by atoms with Gasteiger partial charge in [0.2, 0.25) is 0 Å². The third-order valence-corrected chi connectivity index (χ3v) is 3.85. The Labute approximate surface area is 161 Å². The lowest BCUT2D eigenvalue weighted by molar-refractivity contribution is -0.384. The second-order valence-corrected chi connectivity index (χ2v) is 5.85. The molecule has 7 nitrogen and oxygen atoms in total. The lowest BCUT2D eigenvalue weighted by Gasteiger charge is -2.06. The number of benzene rings is 3. The van der Waals surface area contributed by atoms with Gasteiger partial charge in [-0.25, -0.2) is 5.43 Å². The van der Waals surface area contributed by atoms with Gasteiger partial charge in [-0.1, -0.05) is 30.3 Å². The summed E-state index contributed by atoms with van der Waals surface area (Å²) in [5, 5.41) is 14.5. The molecule has 3 rings (SSSR count). The Morgan fingerprint density at radius 2 is 1.68 bits per heavy atom. The van der Waals surface area contributed by atoms with Crippen LogP contribution in [0.25, 0.3) is 0 Å². The van der Waals surface area contributed by atoms with E-state index in [9.17, 15) is 14.9 Å². The van der Waals surface area contributed by atoms with Crippen LogP contribution in [-0.2, 0) is 6.61 Å². The van der Waals surface area contributed by atoms with E-state index in [1.165, 1.54) is 18.3 Å². The summed E-state index contributed by atoms with van der Waals surface area (Å²) in [5.41, 5.74) is 4.47. The van der Waals surface area contributed by atoms with E-state index in [0.29, 0.717) is 17.7 Å². The number of hydrogen-bond donors (Lipinski definition) is 1. The first-order valence-corrected chi connectivity index (χ1v) is 8.46. The maximum Gasteiger partial charge on any atom is 0.271 e. The van der Waals surface area contributed by atoms with Crippen molar-refractivity contribution in [3.8, 4) is 5.75 Å². The largest absolute Gasteiger partial charge is 0.489 e. The number of carbonyl (C=O) groups is 1. The van der Waals surface area contributed by atoms with Crippen LogP contribution in [0.5, 0.6) is 5.75 Å². The van der Waals surface area contributed by atoms with E-state index in [1.54, 1.807) is 24.3 Å². The number of non-ortho nitro benzene ring substituents is 1. The number of carbonyl (C=O) groups excluding carboxylic acids is 1. The molecule has 0 saturated heterocycles. The fourth-order valence-corrected chi connectivity index (χ4v) is 2.35. The molecule has 0 unspecified atom stereocenters.